The lowest BCUT2D eigenvalue weighted by Crippen LogP contribution is -2.14. The molecule has 0 bridgehead atoms. The molecule has 1 N–H and O–H groups in total. The number of esters is 1. The van der Waals surface area contributed by atoms with Gasteiger partial charge in [0.25, 0.3) is 0 Å². The second-order valence-corrected chi connectivity index (χ2v) is 7.15. The molecule has 0 unspecified atom stereocenters. The van der Waals surface area contributed by atoms with Crippen molar-refractivity contribution in [2.75, 3.05) is 6.61 Å². The lowest BCUT2D eigenvalue weighted by Gasteiger charge is -2.00. The van der Waals surface area contributed by atoms with Crippen molar-refractivity contribution in [3.05, 3.63) is 76.2 Å². The fraction of sp³-hybridized carbons (Fsp3) is 0.143. The number of para-hydroxylation sites is 2. The average molecular weight is 405 g/mol. The highest BCUT2D eigenvalue weighted by Crippen LogP contribution is 2.18. The molecule has 0 aliphatic heterocycles. The molecule has 0 saturated carbocycles. The van der Waals surface area contributed by atoms with Gasteiger partial charge in [0.05, 0.1) is 18.0 Å². The first-order valence-corrected chi connectivity index (χ1v) is 9.96. The molecule has 4 aromatic rings. The van der Waals surface area contributed by atoms with Gasteiger partial charge in [0.15, 0.2) is 0 Å². The predicted molar refractivity (Wildman–Crippen MR) is 113 cm³/mol. The number of aromatic nitrogens is 3. The number of hydrogen-bond acceptors (Lipinski definition) is 6. The molecule has 0 amide bonds. The largest absolute Gasteiger partial charge is 0.461 e. The van der Waals surface area contributed by atoms with Gasteiger partial charge in [-0.1, -0.05) is 47.7 Å². The van der Waals surface area contributed by atoms with Crippen LogP contribution in [0.5, 0.6) is 0 Å². The number of benzene rings is 2. The number of carbonyl (C=O) groups is 1. The quantitative estimate of drug-likeness (QED) is 0.310. The van der Waals surface area contributed by atoms with Gasteiger partial charge in [-0.15, -0.1) is 10.2 Å². The van der Waals surface area contributed by atoms with Gasteiger partial charge in [-0.05, 0) is 32.0 Å². The third-order valence-corrected chi connectivity index (χ3v) is 5.15. The molecule has 0 spiro atoms. The first-order valence-electron chi connectivity index (χ1n) is 9.15. The van der Waals surface area contributed by atoms with Crippen LogP contribution in [-0.2, 0) is 4.74 Å². The first-order chi connectivity index (χ1) is 14.2. The minimum atomic E-state index is -0.471. The Labute approximate surface area is 171 Å². The smallest absolute Gasteiger partial charge is 0.369 e. The summed E-state index contributed by atoms with van der Waals surface area (Å²) in [6.07, 6.45) is 1.92. The molecular formula is C21H19N5O2S. The minimum absolute atomic E-state index is 0.231. The van der Waals surface area contributed by atoms with Crippen molar-refractivity contribution < 1.29 is 9.53 Å². The van der Waals surface area contributed by atoms with Gasteiger partial charge < -0.3 is 9.72 Å². The molecule has 0 aliphatic rings. The summed E-state index contributed by atoms with van der Waals surface area (Å²) in [5.41, 5.74) is 3.57. The zero-order valence-corrected chi connectivity index (χ0v) is 16.8. The standard InChI is InChI=1S/C21H19N5O2S/c1-3-28-20(27)19-25-26(15-9-5-4-6-10-15)21(29-19)24-23-14(2)17-13-22-18-12-8-7-11-16(17)18/h4-13,22H,3H2,1-2H3/b23-14-,24-21-. The Morgan fingerprint density at radius 3 is 2.72 bits per heavy atom. The van der Waals surface area contributed by atoms with Crippen LogP contribution >= 0.6 is 11.3 Å². The molecule has 2 heterocycles. The molecule has 8 heteroatoms. The number of ether oxygens (including phenoxy) is 1. The topological polar surface area (TPSA) is 84.6 Å². The Balaban J connectivity index is 1.79. The Morgan fingerprint density at radius 1 is 1.17 bits per heavy atom. The van der Waals surface area contributed by atoms with Crippen molar-refractivity contribution in [3.8, 4) is 5.69 Å². The molecule has 2 aromatic heterocycles. The number of hydrogen-bond donors (Lipinski definition) is 1. The highest BCUT2D eigenvalue weighted by molar-refractivity contribution is 7.10. The summed E-state index contributed by atoms with van der Waals surface area (Å²) in [5.74, 6) is -0.471. The van der Waals surface area contributed by atoms with Crippen LogP contribution in [0, 0.1) is 0 Å². The summed E-state index contributed by atoms with van der Waals surface area (Å²) in [6, 6.07) is 17.5. The maximum Gasteiger partial charge on any atom is 0.369 e. The molecule has 0 aliphatic carbocycles. The first kappa shape index (κ1) is 18.8. The lowest BCUT2D eigenvalue weighted by molar-refractivity contribution is 0.0524. The molecule has 0 fully saturated rings. The van der Waals surface area contributed by atoms with E-state index in [0.29, 0.717) is 4.80 Å². The van der Waals surface area contributed by atoms with Crippen LogP contribution < -0.4 is 4.80 Å². The zero-order chi connectivity index (χ0) is 20.2. The summed E-state index contributed by atoms with van der Waals surface area (Å²) < 4.78 is 6.68. The molecule has 0 atom stereocenters. The normalized spacial score (nSPS) is 12.5. The van der Waals surface area contributed by atoms with E-state index in [-0.39, 0.29) is 11.6 Å². The van der Waals surface area contributed by atoms with Crippen molar-refractivity contribution in [1.82, 2.24) is 14.8 Å². The van der Waals surface area contributed by atoms with Crippen molar-refractivity contribution in [3.63, 3.8) is 0 Å². The van der Waals surface area contributed by atoms with Crippen LogP contribution in [0.2, 0.25) is 0 Å². The highest BCUT2D eigenvalue weighted by atomic mass is 32.1. The summed E-state index contributed by atoms with van der Waals surface area (Å²) in [5, 5.41) is 14.5. The molecular weight excluding hydrogens is 386 g/mol. The fourth-order valence-corrected chi connectivity index (χ4v) is 3.65. The monoisotopic (exact) mass is 405 g/mol. The van der Waals surface area contributed by atoms with E-state index in [2.05, 4.69) is 20.3 Å². The SMILES string of the molecule is CCOC(=O)c1nn(-c2ccccc2)/c(=N/N=C(/C)c2c[nH]c3ccccc23)s1. The maximum absolute atomic E-state index is 12.1. The van der Waals surface area contributed by atoms with Crippen LogP contribution in [0.15, 0.2) is 71.0 Å². The Kier molecular flexibility index (Phi) is 5.35. The molecule has 0 saturated heterocycles. The average Bonchev–Trinajstić information content (AvgIpc) is 3.37. The summed E-state index contributed by atoms with van der Waals surface area (Å²) >= 11 is 1.14. The van der Waals surface area contributed by atoms with Crippen molar-refractivity contribution in [2.24, 2.45) is 10.2 Å². The number of fused-ring (bicyclic) bond motifs is 1. The van der Waals surface area contributed by atoms with E-state index in [1.807, 2.05) is 67.7 Å². The van der Waals surface area contributed by atoms with E-state index in [0.717, 1.165) is 39.2 Å². The third kappa shape index (κ3) is 3.88. The van der Waals surface area contributed by atoms with Crippen LogP contribution in [0.3, 0.4) is 0 Å². The molecule has 29 heavy (non-hydrogen) atoms. The van der Waals surface area contributed by atoms with Crippen molar-refractivity contribution in [2.45, 2.75) is 13.8 Å². The number of H-pyrrole nitrogens is 1. The fourth-order valence-electron chi connectivity index (χ4n) is 2.90. The van der Waals surface area contributed by atoms with Crippen molar-refractivity contribution >= 4 is 33.9 Å². The Bertz CT molecular complexity index is 1250. The van der Waals surface area contributed by atoms with E-state index in [4.69, 9.17) is 4.74 Å². The van der Waals surface area contributed by atoms with E-state index in [1.54, 1.807) is 11.6 Å². The third-order valence-electron chi connectivity index (χ3n) is 4.28. The van der Waals surface area contributed by atoms with Gasteiger partial charge in [0, 0.05) is 22.7 Å². The molecule has 7 nitrogen and oxygen atoms in total. The van der Waals surface area contributed by atoms with Gasteiger partial charge in [-0.25, -0.2) is 9.48 Å². The second kappa shape index (κ2) is 8.24. The predicted octanol–water partition coefficient (Wildman–Crippen LogP) is 3.92. The number of nitrogens with one attached hydrogen (secondary N) is 1. The van der Waals surface area contributed by atoms with Crippen LogP contribution in [0.1, 0.15) is 29.2 Å². The van der Waals surface area contributed by atoms with Crippen LogP contribution in [0.25, 0.3) is 16.6 Å². The maximum atomic E-state index is 12.1. The second-order valence-electron chi connectivity index (χ2n) is 6.19. The summed E-state index contributed by atoms with van der Waals surface area (Å²) in [7, 11) is 0. The number of aromatic amines is 1. The van der Waals surface area contributed by atoms with E-state index in [9.17, 15) is 4.79 Å². The van der Waals surface area contributed by atoms with E-state index >= 15 is 0 Å². The highest BCUT2D eigenvalue weighted by Gasteiger charge is 2.15. The number of nitrogens with zero attached hydrogens (tertiary/aromatic N) is 4. The van der Waals surface area contributed by atoms with Gasteiger partial charge in [0.2, 0.25) is 9.81 Å². The van der Waals surface area contributed by atoms with Gasteiger partial charge in [-0.3, -0.25) is 0 Å². The van der Waals surface area contributed by atoms with Gasteiger partial charge in [-0.2, -0.15) is 5.10 Å². The Morgan fingerprint density at radius 2 is 1.93 bits per heavy atom. The Hall–Kier alpha value is -3.52. The zero-order valence-electron chi connectivity index (χ0n) is 16.0. The molecule has 4 rings (SSSR count). The van der Waals surface area contributed by atoms with Crippen LogP contribution in [0.4, 0.5) is 0 Å². The van der Waals surface area contributed by atoms with E-state index in [1.165, 1.54) is 0 Å². The number of carbonyl (C=O) groups excluding carboxylic acids is 1. The van der Waals surface area contributed by atoms with Gasteiger partial charge in [0.1, 0.15) is 0 Å². The van der Waals surface area contributed by atoms with Crippen LogP contribution in [-0.4, -0.2) is 33.1 Å². The summed E-state index contributed by atoms with van der Waals surface area (Å²) in [4.78, 5) is 15.9. The molecule has 2 aromatic carbocycles. The van der Waals surface area contributed by atoms with E-state index < -0.39 is 5.97 Å². The lowest BCUT2D eigenvalue weighted by atomic mass is 10.1. The van der Waals surface area contributed by atoms with Crippen molar-refractivity contribution in [1.29, 1.82) is 0 Å². The summed E-state index contributed by atoms with van der Waals surface area (Å²) in [6.45, 7) is 3.95. The molecule has 146 valence electrons. The molecule has 0 radical (unpaired) electrons. The number of rotatable bonds is 5. The van der Waals surface area contributed by atoms with Gasteiger partial charge >= 0.3 is 5.97 Å². The minimum Gasteiger partial charge on any atom is -0.461 e.